The Morgan fingerprint density at radius 2 is 1.96 bits per heavy atom. The van der Waals surface area contributed by atoms with Crippen molar-refractivity contribution >= 4 is 6.03 Å². The van der Waals surface area contributed by atoms with Crippen LogP contribution in [0, 0.1) is 0 Å². The monoisotopic (exact) mass is 347 g/mol. The number of ether oxygens (including phenoxy) is 2. The lowest BCUT2D eigenvalue weighted by Crippen LogP contribution is -2.42. The van der Waals surface area contributed by atoms with Crippen LogP contribution in [-0.2, 0) is 6.54 Å². The summed E-state index contributed by atoms with van der Waals surface area (Å²) in [5, 5.41) is 6.95. The van der Waals surface area contributed by atoms with Crippen LogP contribution in [-0.4, -0.2) is 42.9 Å². The van der Waals surface area contributed by atoms with Crippen LogP contribution in [0.25, 0.3) is 11.3 Å². The molecule has 0 saturated carbocycles. The Balaban J connectivity index is 2.15. The summed E-state index contributed by atoms with van der Waals surface area (Å²) in [4.78, 5) is 13.8. The van der Waals surface area contributed by atoms with Crippen molar-refractivity contribution in [2.24, 2.45) is 0 Å². The van der Waals surface area contributed by atoms with Crippen LogP contribution in [0.4, 0.5) is 4.79 Å². The summed E-state index contributed by atoms with van der Waals surface area (Å²) in [6.45, 7) is 6.74. The fourth-order valence-corrected chi connectivity index (χ4v) is 2.37. The highest BCUT2D eigenvalue weighted by atomic mass is 16.5. The summed E-state index contributed by atoms with van der Waals surface area (Å²) in [5.74, 6) is 1.87. The average Bonchev–Trinajstić information content (AvgIpc) is 3.06. The number of nitrogens with one attached hydrogen (secondary N) is 1. The second-order valence-corrected chi connectivity index (χ2v) is 5.87. The second kappa shape index (κ2) is 8.41. The summed E-state index contributed by atoms with van der Waals surface area (Å²) in [6, 6.07) is 7.30. The van der Waals surface area contributed by atoms with Gasteiger partial charge in [-0.25, -0.2) is 4.79 Å². The number of hydrogen-bond donors (Lipinski definition) is 1. The molecule has 0 atom stereocenters. The van der Waals surface area contributed by atoms with E-state index >= 15 is 0 Å². The lowest BCUT2D eigenvalue weighted by Gasteiger charge is -2.21. The van der Waals surface area contributed by atoms with Gasteiger partial charge in [0.2, 0.25) is 0 Å². The van der Waals surface area contributed by atoms with E-state index in [0.717, 1.165) is 5.56 Å². The van der Waals surface area contributed by atoms with Crippen molar-refractivity contribution in [1.29, 1.82) is 0 Å². The number of hydrogen-bond acceptors (Lipinski definition) is 5. The molecule has 1 aromatic heterocycles. The summed E-state index contributed by atoms with van der Waals surface area (Å²) in [7, 11) is 3.17. The molecular weight excluding hydrogens is 322 g/mol. The smallest absolute Gasteiger partial charge is 0.317 e. The minimum absolute atomic E-state index is 0.0844. The number of rotatable bonds is 7. The third-order valence-corrected chi connectivity index (χ3v) is 3.66. The predicted molar refractivity (Wildman–Crippen MR) is 94.8 cm³/mol. The van der Waals surface area contributed by atoms with Gasteiger partial charge in [0.25, 0.3) is 0 Å². The van der Waals surface area contributed by atoms with Gasteiger partial charge in [-0.15, -0.1) is 0 Å². The molecule has 0 saturated heterocycles. The van der Waals surface area contributed by atoms with E-state index in [0.29, 0.717) is 36.0 Å². The van der Waals surface area contributed by atoms with Gasteiger partial charge >= 0.3 is 6.03 Å². The zero-order valence-corrected chi connectivity index (χ0v) is 15.3. The normalized spacial score (nSPS) is 10.6. The first-order valence-corrected chi connectivity index (χ1v) is 8.21. The minimum atomic E-state index is -0.117. The zero-order chi connectivity index (χ0) is 18.4. The molecular formula is C18H25N3O4. The van der Waals surface area contributed by atoms with Gasteiger partial charge in [-0.1, -0.05) is 5.16 Å². The molecule has 2 aromatic rings. The fraction of sp³-hybridized carbons (Fsp3) is 0.444. The first-order chi connectivity index (χ1) is 12.0. The van der Waals surface area contributed by atoms with Crippen LogP contribution in [0.1, 0.15) is 26.5 Å². The molecule has 7 nitrogen and oxygen atoms in total. The number of nitrogens with zero attached hydrogens (tertiary/aromatic N) is 2. The fourth-order valence-electron chi connectivity index (χ4n) is 2.37. The third-order valence-electron chi connectivity index (χ3n) is 3.66. The van der Waals surface area contributed by atoms with Crippen LogP contribution in [0.3, 0.4) is 0 Å². The predicted octanol–water partition coefficient (Wildman–Crippen LogP) is 3.30. The van der Waals surface area contributed by atoms with Gasteiger partial charge in [0.15, 0.2) is 17.3 Å². The minimum Gasteiger partial charge on any atom is -0.493 e. The highest BCUT2D eigenvalue weighted by molar-refractivity contribution is 5.74. The molecule has 1 aromatic carbocycles. The quantitative estimate of drug-likeness (QED) is 0.831. The molecule has 0 aliphatic heterocycles. The summed E-state index contributed by atoms with van der Waals surface area (Å²) >= 11 is 0. The van der Waals surface area contributed by atoms with Crippen molar-refractivity contribution in [3.8, 4) is 22.8 Å². The van der Waals surface area contributed by atoms with Crippen molar-refractivity contribution < 1.29 is 18.8 Å². The van der Waals surface area contributed by atoms with Gasteiger partial charge in [-0.05, 0) is 39.0 Å². The summed E-state index contributed by atoms with van der Waals surface area (Å²) in [5.41, 5.74) is 1.51. The molecule has 0 aliphatic carbocycles. The van der Waals surface area contributed by atoms with E-state index in [1.807, 2.05) is 45.0 Å². The first kappa shape index (κ1) is 18.6. The maximum absolute atomic E-state index is 12.1. The molecule has 0 aliphatic rings. The van der Waals surface area contributed by atoms with Crippen molar-refractivity contribution in [2.45, 2.75) is 33.4 Å². The van der Waals surface area contributed by atoms with Gasteiger partial charge < -0.3 is 24.2 Å². The summed E-state index contributed by atoms with van der Waals surface area (Å²) in [6.07, 6.45) is 0. The molecule has 2 amide bonds. The van der Waals surface area contributed by atoms with Crippen LogP contribution < -0.4 is 14.8 Å². The average molecular weight is 347 g/mol. The van der Waals surface area contributed by atoms with E-state index in [4.69, 9.17) is 14.0 Å². The van der Waals surface area contributed by atoms with Crippen molar-refractivity contribution in [3.05, 3.63) is 30.0 Å². The summed E-state index contributed by atoms with van der Waals surface area (Å²) < 4.78 is 16.0. The molecule has 0 radical (unpaired) electrons. The largest absolute Gasteiger partial charge is 0.493 e. The third kappa shape index (κ3) is 4.65. The topological polar surface area (TPSA) is 76.8 Å². The molecule has 1 N–H and O–H groups in total. The van der Waals surface area contributed by atoms with Crippen LogP contribution in [0.5, 0.6) is 11.5 Å². The maximum Gasteiger partial charge on any atom is 0.317 e. The lowest BCUT2D eigenvalue weighted by molar-refractivity contribution is 0.194. The van der Waals surface area contributed by atoms with Gasteiger partial charge in [0.05, 0.1) is 20.8 Å². The number of benzene rings is 1. The van der Waals surface area contributed by atoms with E-state index in [2.05, 4.69) is 10.5 Å². The Hall–Kier alpha value is -2.70. The van der Waals surface area contributed by atoms with E-state index < -0.39 is 0 Å². The number of urea groups is 1. The van der Waals surface area contributed by atoms with Crippen LogP contribution >= 0.6 is 0 Å². The van der Waals surface area contributed by atoms with Gasteiger partial charge in [-0.2, -0.15) is 0 Å². The number of amides is 2. The van der Waals surface area contributed by atoms with Crippen LogP contribution in [0.2, 0.25) is 0 Å². The van der Waals surface area contributed by atoms with E-state index in [1.54, 1.807) is 19.1 Å². The van der Waals surface area contributed by atoms with E-state index in [-0.39, 0.29) is 12.1 Å². The Morgan fingerprint density at radius 1 is 1.24 bits per heavy atom. The zero-order valence-electron chi connectivity index (χ0n) is 15.3. The Labute approximate surface area is 147 Å². The number of carbonyl (C=O) groups is 1. The molecule has 7 heteroatoms. The molecule has 0 fully saturated rings. The second-order valence-electron chi connectivity index (χ2n) is 5.87. The lowest BCUT2D eigenvalue weighted by atomic mass is 10.1. The molecule has 0 unspecified atom stereocenters. The maximum atomic E-state index is 12.1. The first-order valence-electron chi connectivity index (χ1n) is 8.21. The van der Waals surface area contributed by atoms with Gasteiger partial charge in [-0.3, -0.25) is 0 Å². The number of carbonyl (C=O) groups excluding carboxylic acids is 1. The molecule has 0 spiro atoms. The van der Waals surface area contributed by atoms with Gasteiger partial charge in [0.1, 0.15) is 5.69 Å². The van der Waals surface area contributed by atoms with Crippen molar-refractivity contribution in [1.82, 2.24) is 15.4 Å². The van der Waals surface area contributed by atoms with Crippen molar-refractivity contribution in [2.75, 3.05) is 20.8 Å². The van der Waals surface area contributed by atoms with E-state index in [9.17, 15) is 4.79 Å². The van der Waals surface area contributed by atoms with Crippen LogP contribution in [0.15, 0.2) is 28.8 Å². The highest BCUT2D eigenvalue weighted by Gasteiger charge is 2.16. The van der Waals surface area contributed by atoms with E-state index in [1.165, 1.54) is 0 Å². The Morgan fingerprint density at radius 3 is 2.56 bits per heavy atom. The Bertz CT molecular complexity index is 712. The van der Waals surface area contributed by atoms with Gasteiger partial charge in [0, 0.05) is 24.2 Å². The van der Waals surface area contributed by atoms with Crippen molar-refractivity contribution in [3.63, 3.8) is 0 Å². The molecule has 2 rings (SSSR count). The number of methoxy groups -OCH3 is 2. The highest BCUT2D eigenvalue weighted by Crippen LogP contribution is 2.32. The molecule has 136 valence electrons. The molecule has 25 heavy (non-hydrogen) atoms. The molecule has 1 heterocycles. The standard InChI is InChI=1S/C18H25N3O4/c1-6-21(18(22)19-12(2)3)11-14-10-16(25-20-14)13-7-8-15(23-4)17(9-13)24-5/h7-10,12H,6,11H2,1-5H3,(H,19,22). The molecule has 0 bridgehead atoms. The SMILES string of the molecule is CCN(Cc1cc(-c2ccc(OC)c(OC)c2)on1)C(=O)NC(C)C. The number of aromatic nitrogens is 1. The Kier molecular flexibility index (Phi) is 6.27.